The van der Waals surface area contributed by atoms with Crippen molar-refractivity contribution in [2.24, 2.45) is 0 Å². The number of nitrogens with zero attached hydrogens (tertiary/aromatic N) is 2. The fraction of sp³-hybridized carbons (Fsp3) is 0.176. The summed E-state index contributed by atoms with van der Waals surface area (Å²) in [5, 5.41) is 3.88. The number of aromatic amines is 2. The number of ether oxygens (including phenoxy) is 1. The molecule has 2 heterocycles. The third-order valence-electron chi connectivity index (χ3n) is 3.83. The summed E-state index contributed by atoms with van der Waals surface area (Å²) in [5.41, 5.74) is 4.36. The Morgan fingerprint density at radius 2 is 1.75 bits per heavy atom. The van der Waals surface area contributed by atoms with E-state index in [1.54, 1.807) is 6.07 Å². The minimum Gasteiger partial charge on any atom is -0.453 e. The van der Waals surface area contributed by atoms with E-state index in [-0.39, 0.29) is 38.8 Å². The van der Waals surface area contributed by atoms with Gasteiger partial charge in [0.05, 0.1) is 15.7 Å². The third kappa shape index (κ3) is 3.80. The van der Waals surface area contributed by atoms with Crippen molar-refractivity contribution in [1.82, 2.24) is 19.7 Å². The van der Waals surface area contributed by atoms with Crippen LogP contribution in [0.3, 0.4) is 0 Å². The molecule has 0 aliphatic rings. The van der Waals surface area contributed by atoms with Crippen molar-refractivity contribution in [2.45, 2.75) is 19.8 Å². The van der Waals surface area contributed by atoms with E-state index < -0.39 is 11.2 Å². The second kappa shape index (κ2) is 7.53. The fourth-order valence-electron chi connectivity index (χ4n) is 2.44. The van der Waals surface area contributed by atoms with Crippen LogP contribution in [-0.2, 0) is 0 Å². The molecule has 11 heteroatoms. The summed E-state index contributed by atoms with van der Waals surface area (Å²) in [6, 6.07) is 4.35. The molecule has 0 bridgehead atoms. The summed E-state index contributed by atoms with van der Waals surface area (Å²) in [5.74, 6) is 0.0635. The highest BCUT2D eigenvalue weighted by Crippen LogP contribution is 2.38. The van der Waals surface area contributed by atoms with Gasteiger partial charge in [0, 0.05) is 11.8 Å². The second-order valence-electron chi connectivity index (χ2n) is 6.17. The number of nitrogens with one attached hydrogen (secondary N) is 2. The first-order valence-corrected chi connectivity index (χ1v) is 8.82. The Kier molecular flexibility index (Phi) is 5.30. The molecule has 3 rings (SSSR count). The molecule has 1 aromatic carbocycles. The maximum Gasteiger partial charge on any atom is 0.349 e. The molecule has 3 aromatic rings. The molecule has 0 amide bonds. The molecule has 4 N–H and O–H groups in total. The van der Waals surface area contributed by atoms with Crippen molar-refractivity contribution in [3.05, 3.63) is 71.2 Å². The molecule has 0 fully saturated rings. The molecule has 0 saturated carbocycles. The molecule has 0 aliphatic heterocycles. The summed E-state index contributed by atoms with van der Waals surface area (Å²) < 4.78 is 6.58. The number of pyridine rings is 1. The standard InChI is InChI=1S/C17H15Cl2N5O4/c1-7(2)10-5-9(6-21-15(10)25)28-13-11(18)3-8(4-12(13)19)24-17(27)22-16(26)14(20)23-24/h3-7H,1-2H3,(H2,20,23)(H,21,25)(H,22,26,27). The molecule has 2 aromatic heterocycles. The van der Waals surface area contributed by atoms with E-state index in [1.807, 2.05) is 18.8 Å². The van der Waals surface area contributed by atoms with E-state index in [4.69, 9.17) is 33.7 Å². The molecular formula is C17H15Cl2N5O4. The summed E-state index contributed by atoms with van der Waals surface area (Å²) in [6.07, 6.45) is 1.39. The topological polar surface area (TPSA) is 136 Å². The first kappa shape index (κ1) is 19.7. The molecular weight excluding hydrogens is 409 g/mol. The lowest BCUT2D eigenvalue weighted by Gasteiger charge is -2.13. The Hall–Kier alpha value is -3.04. The van der Waals surface area contributed by atoms with E-state index in [0.29, 0.717) is 11.3 Å². The van der Waals surface area contributed by atoms with Crippen LogP contribution < -0.4 is 27.3 Å². The Labute approximate surface area is 167 Å². The molecule has 0 spiro atoms. The van der Waals surface area contributed by atoms with Crippen LogP contribution >= 0.6 is 23.2 Å². The maximum absolute atomic E-state index is 12.0. The predicted molar refractivity (Wildman–Crippen MR) is 106 cm³/mol. The van der Waals surface area contributed by atoms with E-state index >= 15 is 0 Å². The van der Waals surface area contributed by atoms with Gasteiger partial charge >= 0.3 is 5.69 Å². The Balaban J connectivity index is 2.03. The van der Waals surface area contributed by atoms with Gasteiger partial charge in [-0.15, -0.1) is 5.10 Å². The average Bonchev–Trinajstić information content (AvgIpc) is 2.62. The number of aromatic nitrogens is 4. The lowest BCUT2D eigenvalue weighted by atomic mass is 10.1. The first-order chi connectivity index (χ1) is 13.2. The van der Waals surface area contributed by atoms with Crippen molar-refractivity contribution in [3.63, 3.8) is 0 Å². The zero-order valence-electron chi connectivity index (χ0n) is 14.7. The number of rotatable bonds is 4. The van der Waals surface area contributed by atoms with Crippen LogP contribution in [0.15, 0.2) is 38.8 Å². The van der Waals surface area contributed by atoms with Gasteiger partial charge in [-0.2, -0.15) is 4.68 Å². The van der Waals surface area contributed by atoms with Gasteiger partial charge < -0.3 is 15.5 Å². The van der Waals surface area contributed by atoms with E-state index in [0.717, 1.165) is 4.68 Å². The van der Waals surface area contributed by atoms with Crippen LogP contribution in [0.2, 0.25) is 10.0 Å². The normalized spacial score (nSPS) is 11.0. The first-order valence-electron chi connectivity index (χ1n) is 8.06. The van der Waals surface area contributed by atoms with Crippen LogP contribution in [0.25, 0.3) is 5.69 Å². The lowest BCUT2D eigenvalue weighted by molar-refractivity contribution is 0.478. The Bertz CT molecular complexity index is 1210. The van der Waals surface area contributed by atoms with Crippen molar-refractivity contribution in [1.29, 1.82) is 0 Å². The number of benzene rings is 1. The summed E-state index contributed by atoms with van der Waals surface area (Å²) in [6.45, 7) is 3.76. The largest absolute Gasteiger partial charge is 0.453 e. The molecule has 28 heavy (non-hydrogen) atoms. The van der Waals surface area contributed by atoms with Crippen LogP contribution in [0.5, 0.6) is 11.5 Å². The number of H-pyrrole nitrogens is 2. The van der Waals surface area contributed by atoms with Crippen molar-refractivity contribution >= 4 is 29.0 Å². The zero-order valence-corrected chi connectivity index (χ0v) is 16.3. The maximum atomic E-state index is 12.0. The Morgan fingerprint density at radius 3 is 2.36 bits per heavy atom. The highest BCUT2D eigenvalue weighted by atomic mass is 35.5. The number of hydrogen-bond donors (Lipinski definition) is 3. The van der Waals surface area contributed by atoms with Crippen molar-refractivity contribution < 1.29 is 4.74 Å². The molecule has 0 radical (unpaired) electrons. The van der Waals surface area contributed by atoms with Gasteiger partial charge in [0.2, 0.25) is 5.82 Å². The van der Waals surface area contributed by atoms with Gasteiger partial charge in [-0.05, 0) is 24.1 Å². The van der Waals surface area contributed by atoms with Crippen LogP contribution in [0.1, 0.15) is 25.3 Å². The van der Waals surface area contributed by atoms with Crippen LogP contribution in [0, 0.1) is 0 Å². The lowest BCUT2D eigenvalue weighted by Crippen LogP contribution is -2.33. The number of halogens is 2. The smallest absolute Gasteiger partial charge is 0.349 e. The highest BCUT2D eigenvalue weighted by molar-refractivity contribution is 6.37. The minimum absolute atomic E-state index is 0.00994. The summed E-state index contributed by atoms with van der Waals surface area (Å²) in [7, 11) is 0. The number of anilines is 1. The van der Waals surface area contributed by atoms with Gasteiger partial charge in [-0.3, -0.25) is 14.6 Å². The quantitative estimate of drug-likeness (QED) is 0.589. The summed E-state index contributed by atoms with van der Waals surface area (Å²) >= 11 is 12.5. The monoisotopic (exact) mass is 423 g/mol. The Morgan fingerprint density at radius 1 is 1.11 bits per heavy atom. The van der Waals surface area contributed by atoms with Gasteiger partial charge in [0.25, 0.3) is 11.1 Å². The van der Waals surface area contributed by atoms with Crippen molar-refractivity contribution in [2.75, 3.05) is 5.73 Å². The van der Waals surface area contributed by atoms with Crippen molar-refractivity contribution in [3.8, 4) is 17.2 Å². The molecule has 9 nitrogen and oxygen atoms in total. The van der Waals surface area contributed by atoms with E-state index in [1.165, 1.54) is 18.3 Å². The van der Waals surface area contributed by atoms with Crippen LogP contribution in [0.4, 0.5) is 5.82 Å². The van der Waals surface area contributed by atoms with Gasteiger partial charge in [0.1, 0.15) is 5.75 Å². The van der Waals surface area contributed by atoms with E-state index in [9.17, 15) is 14.4 Å². The SMILES string of the molecule is CC(C)c1cc(Oc2c(Cl)cc(-n3nc(N)c(=O)[nH]c3=O)cc2Cl)c[nH]c1=O. The molecule has 146 valence electrons. The predicted octanol–water partition coefficient (Wildman–Crippen LogP) is 2.41. The van der Waals surface area contributed by atoms with Gasteiger partial charge in [-0.25, -0.2) is 4.79 Å². The molecule has 0 aliphatic carbocycles. The second-order valence-corrected chi connectivity index (χ2v) is 6.99. The fourth-order valence-corrected chi connectivity index (χ4v) is 2.99. The van der Waals surface area contributed by atoms with E-state index in [2.05, 4.69) is 10.1 Å². The molecule has 0 saturated heterocycles. The third-order valence-corrected chi connectivity index (χ3v) is 4.39. The van der Waals surface area contributed by atoms with Crippen LogP contribution in [-0.4, -0.2) is 19.7 Å². The van der Waals surface area contributed by atoms with Gasteiger partial charge in [0.15, 0.2) is 5.75 Å². The average molecular weight is 424 g/mol. The number of nitrogen functional groups attached to an aromatic ring is 1. The van der Waals surface area contributed by atoms with Gasteiger partial charge in [-0.1, -0.05) is 37.0 Å². The zero-order chi connectivity index (χ0) is 20.6. The number of nitrogens with two attached hydrogens (primary N) is 1. The highest BCUT2D eigenvalue weighted by Gasteiger charge is 2.15. The minimum atomic E-state index is -0.804. The number of hydrogen-bond acceptors (Lipinski definition) is 6. The summed E-state index contributed by atoms with van der Waals surface area (Å²) in [4.78, 5) is 39.8. The molecule has 0 unspecified atom stereocenters. The molecule has 0 atom stereocenters.